The number of nitrogens with one attached hydrogen (secondary N) is 1. The molecular weight excluding hydrogens is 366 g/mol. The summed E-state index contributed by atoms with van der Waals surface area (Å²) in [5, 5.41) is 22.2. The predicted octanol–water partition coefficient (Wildman–Crippen LogP) is 3.16. The van der Waals surface area contributed by atoms with Crippen molar-refractivity contribution in [2.24, 2.45) is 0 Å². The minimum atomic E-state index is 0.0323. The zero-order chi connectivity index (χ0) is 19.0. The van der Waals surface area contributed by atoms with Crippen LogP contribution < -0.4 is 10.2 Å². The number of rotatable bonds is 5. The molecule has 1 saturated heterocycles. The molecule has 4 rings (SSSR count). The maximum Gasteiger partial charge on any atom is 0.229 e. The molecule has 3 heterocycles. The fourth-order valence-electron chi connectivity index (χ4n) is 3.37. The number of aliphatic hydroxyl groups excluding tert-OH is 1. The molecule has 1 aliphatic heterocycles. The second-order valence-electron chi connectivity index (χ2n) is 6.98. The minimum absolute atomic E-state index is 0.0323. The standard InChI is InChI=1S/C18H22ClN7O/c1-11(2)26-17-15(23-24-26)16(20-13-6-3-5-12(19)9-13)21-18(22-17)25-8-4-7-14(25)10-27/h3,5-6,9,11,14,27H,4,7-8,10H2,1-2H3,(H,20,21,22)/t14-/m1/s1. The lowest BCUT2D eigenvalue weighted by atomic mass is 10.2. The highest BCUT2D eigenvalue weighted by Gasteiger charge is 2.28. The highest BCUT2D eigenvalue weighted by molar-refractivity contribution is 6.30. The molecule has 2 aromatic heterocycles. The third kappa shape index (κ3) is 3.42. The van der Waals surface area contributed by atoms with Gasteiger partial charge in [-0.05, 0) is 44.9 Å². The van der Waals surface area contributed by atoms with Gasteiger partial charge in [-0.1, -0.05) is 22.9 Å². The topological polar surface area (TPSA) is 92.0 Å². The summed E-state index contributed by atoms with van der Waals surface area (Å²) >= 11 is 6.11. The number of nitrogens with zero attached hydrogens (tertiary/aromatic N) is 6. The van der Waals surface area contributed by atoms with E-state index in [-0.39, 0.29) is 18.7 Å². The molecule has 8 nitrogen and oxygen atoms in total. The summed E-state index contributed by atoms with van der Waals surface area (Å²) in [4.78, 5) is 11.5. The average molecular weight is 388 g/mol. The Morgan fingerprint density at radius 1 is 1.33 bits per heavy atom. The van der Waals surface area contributed by atoms with Crippen LogP contribution in [0, 0.1) is 0 Å². The van der Waals surface area contributed by atoms with Crippen LogP contribution in [0.2, 0.25) is 5.02 Å². The summed E-state index contributed by atoms with van der Waals surface area (Å²) in [5.74, 6) is 1.15. The highest BCUT2D eigenvalue weighted by Crippen LogP contribution is 2.29. The normalized spacial score (nSPS) is 17.2. The molecule has 1 aliphatic rings. The van der Waals surface area contributed by atoms with Gasteiger partial charge in [0.25, 0.3) is 0 Å². The van der Waals surface area contributed by atoms with Gasteiger partial charge in [-0.3, -0.25) is 0 Å². The first-order valence-electron chi connectivity index (χ1n) is 9.10. The first-order valence-corrected chi connectivity index (χ1v) is 9.47. The van der Waals surface area contributed by atoms with E-state index in [1.165, 1.54) is 0 Å². The molecule has 9 heteroatoms. The van der Waals surface area contributed by atoms with Crippen LogP contribution in [0.25, 0.3) is 11.2 Å². The Labute approximate surface area is 162 Å². The van der Waals surface area contributed by atoms with E-state index in [4.69, 9.17) is 21.6 Å². The number of hydrogen-bond donors (Lipinski definition) is 2. The van der Waals surface area contributed by atoms with Gasteiger partial charge in [0.2, 0.25) is 5.95 Å². The molecule has 1 fully saturated rings. The van der Waals surface area contributed by atoms with Crippen LogP contribution in [0.15, 0.2) is 24.3 Å². The van der Waals surface area contributed by atoms with Gasteiger partial charge in [0.15, 0.2) is 17.0 Å². The Bertz CT molecular complexity index is 958. The van der Waals surface area contributed by atoms with Crippen LogP contribution in [-0.4, -0.2) is 49.3 Å². The molecule has 0 saturated carbocycles. The lowest BCUT2D eigenvalue weighted by Gasteiger charge is -2.23. The Hall–Kier alpha value is -2.45. The molecule has 0 radical (unpaired) electrons. The zero-order valence-corrected chi connectivity index (χ0v) is 16.1. The maximum absolute atomic E-state index is 9.69. The second kappa shape index (κ2) is 7.28. The van der Waals surface area contributed by atoms with Crippen molar-refractivity contribution in [1.82, 2.24) is 25.0 Å². The van der Waals surface area contributed by atoms with Crippen LogP contribution in [0.1, 0.15) is 32.7 Å². The summed E-state index contributed by atoms with van der Waals surface area (Å²) in [7, 11) is 0. The van der Waals surface area contributed by atoms with E-state index in [1.807, 2.05) is 38.1 Å². The third-order valence-corrected chi connectivity index (χ3v) is 4.97. The third-order valence-electron chi connectivity index (χ3n) is 4.73. The van der Waals surface area contributed by atoms with Gasteiger partial charge in [-0.2, -0.15) is 9.97 Å². The second-order valence-corrected chi connectivity index (χ2v) is 7.42. The van der Waals surface area contributed by atoms with Gasteiger partial charge >= 0.3 is 0 Å². The molecule has 1 aromatic carbocycles. The van der Waals surface area contributed by atoms with Crippen molar-refractivity contribution >= 4 is 40.2 Å². The smallest absolute Gasteiger partial charge is 0.229 e. The molecule has 27 heavy (non-hydrogen) atoms. The van der Waals surface area contributed by atoms with Crippen molar-refractivity contribution in [1.29, 1.82) is 0 Å². The number of aliphatic hydroxyl groups is 1. The SMILES string of the molecule is CC(C)n1nnc2c(Nc3cccc(Cl)c3)nc(N3CCC[C@@H]3CO)nc21. The number of aromatic nitrogens is 5. The van der Waals surface area contributed by atoms with E-state index in [1.54, 1.807) is 4.68 Å². The van der Waals surface area contributed by atoms with Crippen molar-refractivity contribution in [3.63, 3.8) is 0 Å². The molecule has 0 amide bonds. The largest absolute Gasteiger partial charge is 0.394 e. The fraction of sp³-hybridized carbons (Fsp3) is 0.444. The van der Waals surface area contributed by atoms with Crippen LogP contribution in [0.5, 0.6) is 0 Å². The van der Waals surface area contributed by atoms with Crippen LogP contribution in [0.4, 0.5) is 17.5 Å². The maximum atomic E-state index is 9.69. The Morgan fingerprint density at radius 3 is 2.93 bits per heavy atom. The van der Waals surface area contributed by atoms with Gasteiger partial charge in [0.05, 0.1) is 18.7 Å². The van der Waals surface area contributed by atoms with E-state index in [2.05, 4.69) is 20.5 Å². The quantitative estimate of drug-likeness (QED) is 0.694. The summed E-state index contributed by atoms with van der Waals surface area (Å²) in [5.41, 5.74) is 2.09. The van der Waals surface area contributed by atoms with E-state index in [0.29, 0.717) is 28.0 Å². The summed E-state index contributed by atoms with van der Waals surface area (Å²) in [6.45, 7) is 4.97. The lowest BCUT2D eigenvalue weighted by molar-refractivity contribution is 0.265. The van der Waals surface area contributed by atoms with E-state index < -0.39 is 0 Å². The average Bonchev–Trinajstić information content (AvgIpc) is 3.28. The van der Waals surface area contributed by atoms with E-state index >= 15 is 0 Å². The van der Waals surface area contributed by atoms with Gasteiger partial charge in [-0.25, -0.2) is 4.68 Å². The first-order chi connectivity index (χ1) is 13.1. The van der Waals surface area contributed by atoms with Gasteiger partial charge in [-0.15, -0.1) is 5.10 Å². The minimum Gasteiger partial charge on any atom is -0.394 e. The molecule has 0 aliphatic carbocycles. The summed E-state index contributed by atoms with van der Waals surface area (Å²) in [6, 6.07) is 7.58. The van der Waals surface area contributed by atoms with Gasteiger partial charge in [0, 0.05) is 17.3 Å². The van der Waals surface area contributed by atoms with Crippen LogP contribution >= 0.6 is 11.6 Å². The highest BCUT2D eigenvalue weighted by atomic mass is 35.5. The predicted molar refractivity (Wildman–Crippen MR) is 106 cm³/mol. The Morgan fingerprint density at radius 2 is 2.19 bits per heavy atom. The van der Waals surface area contributed by atoms with Crippen molar-refractivity contribution in [2.75, 3.05) is 23.4 Å². The lowest BCUT2D eigenvalue weighted by Crippen LogP contribution is -2.33. The Balaban J connectivity index is 1.83. The number of fused-ring (bicyclic) bond motifs is 1. The molecule has 0 bridgehead atoms. The van der Waals surface area contributed by atoms with E-state index in [0.717, 1.165) is 25.1 Å². The number of hydrogen-bond acceptors (Lipinski definition) is 7. The number of halogens is 1. The van der Waals surface area contributed by atoms with Crippen molar-refractivity contribution < 1.29 is 5.11 Å². The monoisotopic (exact) mass is 387 g/mol. The summed E-state index contributed by atoms with van der Waals surface area (Å²) in [6.07, 6.45) is 1.93. The zero-order valence-electron chi connectivity index (χ0n) is 15.3. The molecule has 1 atom stereocenters. The van der Waals surface area contributed by atoms with Gasteiger partial charge in [0.1, 0.15) is 0 Å². The fourth-order valence-corrected chi connectivity index (χ4v) is 3.56. The van der Waals surface area contributed by atoms with Crippen LogP contribution in [0.3, 0.4) is 0 Å². The van der Waals surface area contributed by atoms with Crippen molar-refractivity contribution in [3.8, 4) is 0 Å². The van der Waals surface area contributed by atoms with E-state index in [9.17, 15) is 5.11 Å². The summed E-state index contributed by atoms with van der Waals surface area (Å²) < 4.78 is 1.79. The molecule has 0 unspecified atom stereocenters. The molecular formula is C18H22ClN7O. The number of benzene rings is 1. The first kappa shape index (κ1) is 17.9. The molecule has 2 N–H and O–H groups in total. The van der Waals surface area contributed by atoms with Crippen molar-refractivity contribution in [2.45, 2.75) is 38.8 Å². The van der Waals surface area contributed by atoms with Crippen molar-refractivity contribution in [3.05, 3.63) is 29.3 Å². The molecule has 3 aromatic rings. The molecule has 0 spiro atoms. The van der Waals surface area contributed by atoms with Crippen LogP contribution in [-0.2, 0) is 0 Å². The van der Waals surface area contributed by atoms with Gasteiger partial charge < -0.3 is 15.3 Å². The molecule has 142 valence electrons. The Kier molecular flexibility index (Phi) is 4.84. The number of anilines is 3.